The molecule has 0 aromatic carbocycles. The van der Waals surface area contributed by atoms with Crippen LogP contribution in [0.2, 0.25) is 18.1 Å². The van der Waals surface area contributed by atoms with Gasteiger partial charge in [0.25, 0.3) is 0 Å². The van der Waals surface area contributed by atoms with Crippen LogP contribution in [0.15, 0.2) is 11.1 Å². The molecule has 0 aromatic rings. The van der Waals surface area contributed by atoms with E-state index in [0.29, 0.717) is 5.41 Å². The highest BCUT2D eigenvalue weighted by molar-refractivity contribution is 6.74. The van der Waals surface area contributed by atoms with Gasteiger partial charge in [-0.3, -0.25) is 0 Å². The number of hydrogen-bond donors (Lipinski definition) is 1. The number of allylic oxidation sites excluding steroid dienone is 1. The first-order valence-corrected chi connectivity index (χ1v) is 13.4. The number of fused-ring (bicyclic) bond motifs is 1. The Morgan fingerprint density at radius 3 is 2.44 bits per heavy atom. The summed E-state index contributed by atoms with van der Waals surface area (Å²) in [5.41, 5.74) is 3.32. The van der Waals surface area contributed by atoms with Crippen LogP contribution < -0.4 is 0 Å². The van der Waals surface area contributed by atoms with Crippen molar-refractivity contribution in [3.63, 3.8) is 0 Å². The second-order valence-electron chi connectivity index (χ2n) is 10.6. The SMILES string of the molecule is CC(C)[C@@H]1CCC2=C(CCCO[Si](C)(C)C(C)(C)C)[C@H](O)CC[C@]21C. The third kappa shape index (κ3) is 4.25. The average molecular weight is 367 g/mol. The third-order valence-corrected chi connectivity index (χ3v) is 12.1. The van der Waals surface area contributed by atoms with E-state index >= 15 is 0 Å². The second kappa shape index (κ2) is 7.48. The molecule has 2 aliphatic rings. The molecule has 0 heterocycles. The molecule has 1 N–H and O–H groups in total. The fourth-order valence-electron chi connectivity index (χ4n) is 5.00. The van der Waals surface area contributed by atoms with Crippen LogP contribution in [0.1, 0.15) is 80.1 Å². The predicted octanol–water partition coefficient (Wildman–Crippen LogP) is 6.31. The van der Waals surface area contributed by atoms with Crippen molar-refractivity contribution >= 4 is 8.32 Å². The zero-order valence-corrected chi connectivity index (χ0v) is 19.0. The molecule has 25 heavy (non-hydrogen) atoms. The Bertz CT molecular complexity index is 501. The summed E-state index contributed by atoms with van der Waals surface area (Å²) >= 11 is 0. The lowest BCUT2D eigenvalue weighted by Crippen LogP contribution is -2.41. The monoisotopic (exact) mass is 366 g/mol. The minimum absolute atomic E-state index is 0.207. The van der Waals surface area contributed by atoms with Crippen molar-refractivity contribution in [2.45, 2.75) is 104 Å². The van der Waals surface area contributed by atoms with Crippen molar-refractivity contribution in [1.82, 2.24) is 0 Å². The van der Waals surface area contributed by atoms with Gasteiger partial charge in [0.05, 0.1) is 6.10 Å². The quantitative estimate of drug-likeness (QED) is 0.339. The van der Waals surface area contributed by atoms with Gasteiger partial charge in [-0.25, -0.2) is 0 Å². The summed E-state index contributed by atoms with van der Waals surface area (Å²) in [7, 11) is -1.65. The van der Waals surface area contributed by atoms with E-state index in [1.807, 2.05) is 0 Å². The molecule has 0 aromatic heterocycles. The Morgan fingerprint density at radius 2 is 1.88 bits per heavy atom. The lowest BCUT2D eigenvalue weighted by atomic mass is 9.64. The Balaban J connectivity index is 2.03. The number of aliphatic hydroxyl groups excluding tert-OH is 1. The van der Waals surface area contributed by atoms with E-state index < -0.39 is 8.32 Å². The fraction of sp³-hybridized carbons (Fsp3) is 0.909. The summed E-state index contributed by atoms with van der Waals surface area (Å²) in [6.45, 7) is 19.6. The van der Waals surface area contributed by atoms with Gasteiger partial charge < -0.3 is 9.53 Å². The molecule has 2 rings (SSSR count). The molecule has 0 saturated heterocycles. The molecule has 0 radical (unpaired) electrons. The molecule has 0 amide bonds. The highest BCUT2D eigenvalue weighted by atomic mass is 28.4. The Labute approximate surface area is 157 Å². The fourth-order valence-corrected chi connectivity index (χ4v) is 6.08. The van der Waals surface area contributed by atoms with Crippen LogP contribution in [0, 0.1) is 17.3 Å². The molecule has 0 unspecified atom stereocenters. The van der Waals surface area contributed by atoms with Gasteiger partial charge in [0.15, 0.2) is 8.32 Å². The molecule has 2 nitrogen and oxygen atoms in total. The van der Waals surface area contributed by atoms with Crippen molar-refractivity contribution in [3.8, 4) is 0 Å². The zero-order valence-electron chi connectivity index (χ0n) is 18.0. The van der Waals surface area contributed by atoms with E-state index in [9.17, 15) is 5.11 Å². The van der Waals surface area contributed by atoms with Crippen LogP contribution in [0.25, 0.3) is 0 Å². The van der Waals surface area contributed by atoms with Crippen LogP contribution >= 0.6 is 0 Å². The molecule has 146 valence electrons. The van der Waals surface area contributed by atoms with Crippen LogP contribution in [0.4, 0.5) is 0 Å². The van der Waals surface area contributed by atoms with Crippen LogP contribution in [0.5, 0.6) is 0 Å². The van der Waals surface area contributed by atoms with Gasteiger partial charge >= 0.3 is 0 Å². The standard InChI is InChI=1S/C22H42O2Si/c1-16(2)18-11-12-19-17(20(23)13-14-22(18,19)6)10-9-15-24-25(7,8)21(3,4)5/h16,18,20,23H,9-15H2,1-8H3/t18-,20+,22-/m0/s1. The number of rotatable bonds is 6. The molecule has 0 bridgehead atoms. The Kier molecular flexibility index (Phi) is 6.34. The smallest absolute Gasteiger partial charge is 0.191 e. The lowest BCUT2D eigenvalue weighted by molar-refractivity contribution is 0.117. The summed E-state index contributed by atoms with van der Waals surface area (Å²) in [6.07, 6.45) is 6.48. The molecule has 1 fully saturated rings. The van der Waals surface area contributed by atoms with Crippen molar-refractivity contribution in [1.29, 1.82) is 0 Å². The highest BCUT2D eigenvalue weighted by Crippen LogP contribution is 2.57. The van der Waals surface area contributed by atoms with Gasteiger partial charge in [0.2, 0.25) is 0 Å². The van der Waals surface area contributed by atoms with Crippen LogP contribution in [0.3, 0.4) is 0 Å². The molecule has 3 heteroatoms. The normalized spacial score (nSPS) is 31.0. The highest BCUT2D eigenvalue weighted by Gasteiger charge is 2.47. The maximum absolute atomic E-state index is 10.7. The zero-order chi connectivity index (χ0) is 19.0. The summed E-state index contributed by atoms with van der Waals surface area (Å²) in [4.78, 5) is 0. The summed E-state index contributed by atoms with van der Waals surface area (Å²) in [6, 6.07) is 0. The lowest BCUT2D eigenvalue weighted by Gasteiger charge is -2.42. The van der Waals surface area contributed by atoms with Crippen LogP contribution in [-0.4, -0.2) is 26.1 Å². The second-order valence-corrected chi connectivity index (χ2v) is 15.4. The summed E-state index contributed by atoms with van der Waals surface area (Å²) in [5, 5.41) is 10.9. The molecule has 3 atom stereocenters. The van der Waals surface area contributed by atoms with E-state index in [4.69, 9.17) is 4.43 Å². The minimum atomic E-state index is -1.65. The van der Waals surface area contributed by atoms with Gasteiger partial charge in [0.1, 0.15) is 0 Å². The molecule has 0 spiro atoms. The maximum atomic E-state index is 10.7. The van der Waals surface area contributed by atoms with Gasteiger partial charge in [-0.2, -0.15) is 0 Å². The minimum Gasteiger partial charge on any atom is -0.417 e. The van der Waals surface area contributed by atoms with Crippen LogP contribution in [-0.2, 0) is 4.43 Å². The van der Waals surface area contributed by atoms with Gasteiger partial charge in [-0.15, -0.1) is 0 Å². The summed E-state index contributed by atoms with van der Waals surface area (Å²) in [5.74, 6) is 1.52. The largest absolute Gasteiger partial charge is 0.417 e. The van der Waals surface area contributed by atoms with Gasteiger partial charge in [0, 0.05) is 6.61 Å². The number of hydrogen-bond acceptors (Lipinski definition) is 2. The van der Waals surface area contributed by atoms with E-state index in [1.165, 1.54) is 18.4 Å². The first-order chi connectivity index (χ1) is 11.4. The van der Waals surface area contributed by atoms with Gasteiger partial charge in [-0.1, -0.05) is 47.1 Å². The molecule has 0 aliphatic heterocycles. The Hall–Kier alpha value is -0.123. The molecule has 2 aliphatic carbocycles. The first-order valence-electron chi connectivity index (χ1n) is 10.4. The number of aliphatic hydroxyl groups is 1. The van der Waals surface area contributed by atoms with E-state index in [-0.39, 0.29) is 11.1 Å². The van der Waals surface area contributed by atoms with Crippen molar-refractivity contribution < 1.29 is 9.53 Å². The average Bonchev–Trinajstić information content (AvgIpc) is 2.82. The predicted molar refractivity (Wildman–Crippen MR) is 110 cm³/mol. The molecular weight excluding hydrogens is 324 g/mol. The van der Waals surface area contributed by atoms with E-state index in [1.54, 1.807) is 5.57 Å². The maximum Gasteiger partial charge on any atom is 0.191 e. The first kappa shape index (κ1) is 21.2. The van der Waals surface area contributed by atoms with E-state index in [2.05, 4.69) is 54.6 Å². The van der Waals surface area contributed by atoms with Gasteiger partial charge in [-0.05, 0) is 79.5 Å². The molecule has 1 saturated carbocycles. The third-order valence-electron chi connectivity index (χ3n) is 7.60. The van der Waals surface area contributed by atoms with Crippen molar-refractivity contribution in [2.75, 3.05) is 6.61 Å². The van der Waals surface area contributed by atoms with Crippen molar-refractivity contribution in [2.24, 2.45) is 17.3 Å². The van der Waals surface area contributed by atoms with E-state index in [0.717, 1.165) is 44.1 Å². The topological polar surface area (TPSA) is 29.5 Å². The van der Waals surface area contributed by atoms with Crippen molar-refractivity contribution in [3.05, 3.63) is 11.1 Å². The summed E-state index contributed by atoms with van der Waals surface area (Å²) < 4.78 is 6.35. The Morgan fingerprint density at radius 1 is 1.24 bits per heavy atom. The molecular formula is C22H42O2Si.